The summed E-state index contributed by atoms with van der Waals surface area (Å²) in [5.74, 6) is 0.794. The molecule has 2 aliphatic rings. The Kier molecular flexibility index (Phi) is 6.06. The number of Topliss-reactive ketones (excluding diaryl/α,β-unsaturated/α-hetero) is 1. The molecule has 4 heteroatoms. The number of aryl methyl sites for hydroxylation is 1. The van der Waals surface area contributed by atoms with E-state index in [1.54, 1.807) is 4.90 Å². The third kappa shape index (κ3) is 4.05. The molecular formula is C30H29NO3. The fourth-order valence-electron chi connectivity index (χ4n) is 5.40. The molecule has 3 aromatic rings. The molecule has 0 N–H and O–H groups in total. The van der Waals surface area contributed by atoms with Gasteiger partial charge in [-0.2, -0.15) is 0 Å². The molecule has 0 radical (unpaired) electrons. The Morgan fingerprint density at radius 2 is 1.56 bits per heavy atom. The largest absolute Gasteiger partial charge is 0.494 e. The van der Waals surface area contributed by atoms with E-state index >= 15 is 0 Å². The number of carbonyl (C=O) groups is 2. The third-order valence-electron chi connectivity index (χ3n) is 6.97. The maximum atomic E-state index is 13.7. The van der Waals surface area contributed by atoms with Crippen molar-refractivity contribution in [3.05, 3.63) is 107 Å². The van der Waals surface area contributed by atoms with Crippen molar-refractivity contribution >= 4 is 17.4 Å². The van der Waals surface area contributed by atoms with Crippen molar-refractivity contribution in [3.8, 4) is 5.75 Å². The van der Waals surface area contributed by atoms with Gasteiger partial charge < -0.3 is 4.74 Å². The number of amides is 1. The summed E-state index contributed by atoms with van der Waals surface area (Å²) in [5, 5.41) is 0. The number of ketones is 1. The Hall–Kier alpha value is -3.66. The van der Waals surface area contributed by atoms with Gasteiger partial charge in [-0.1, -0.05) is 54.6 Å². The quantitative estimate of drug-likeness (QED) is 0.456. The molecule has 172 valence electrons. The number of hydrogen-bond acceptors (Lipinski definition) is 3. The van der Waals surface area contributed by atoms with Gasteiger partial charge >= 0.3 is 0 Å². The first-order valence-electron chi connectivity index (χ1n) is 12.0. The van der Waals surface area contributed by atoms with E-state index in [1.807, 2.05) is 61.5 Å². The number of nitrogens with zero attached hydrogens (tertiary/aromatic N) is 1. The summed E-state index contributed by atoms with van der Waals surface area (Å²) < 4.78 is 5.59. The molecule has 0 saturated carbocycles. The molecule has 0 aromatic heterocycles. The summed E-state index contributed by atoms with van der Waals surface area (Å²) in [6.45, 7) is 4.59. The van der Waals surface area contributed by atoms with Crippen molar-refractivity contribution in [3.63, 3.8) is 0 Å². The highest BCUT2D eigenvalue weighted by Crippen LogP contribution is 2.47. The standard InChI is InChI=1S/C30H29NO3/c1-3-34-24-15-13-23(14-16-24)31-27-17-22(21-10-5-4-6-11-21)18-28(32)30(27)26(19-29(31)33)25-12-8-7-9-20(25)2/h4-16,22,26H,3,17-19H2,1-2H3. The number of ether oxygens (including phenoxy) is 1. The number of rotatable bonds is 5. The molecule has 1 aliphatic carbocycles. The lowest BCUT2D eigenvalue weighted by atomic mass is 9.72. The summed E-state index contributed by atoms with van der Waals surface area (Å²) in [7, 11) is 0. The van der Waals surface area contributed by atoms with E-state index in [1.165, 1.54) is 0 Å². The topological polar surface area (TPSA) is 46.6 Å². The van der Waals surface area contributed by atoms with E-state index in [9.17, 15) is 9.59 Å². The molecule has 0 saturated heterocycles. The van der Waals surface area contributed by atoms with Gasteiger partial charge in [0.05, 0.1) is 6.61 Å². The smallest absolute Gasteiger partial charge is 0.232 e. The summed E-state index contributed by atoms with van der Waals surface area (Å²) in [5.41, 5.74) is 5.75. The lowest BCUT2D eigenvalue weighted by Crippen LogP contribution is -2.42. The lowest BCUT2D eigenvalue weighted by molar-refractivity contribution is -0.120. The third-order valence-corrected chi connectivity index (χ3v) is 6.97. The second kappa shape index (κ2) is 9.30. The Morgan fingerprint density at radius 3 is 2.26 bits per heavy atom. The van der Waals surface area contributed by atoms with Crippen molar-refractivity contribution in [2.75, 3.05) is 11.5 Å². The van der Waals surface area contributed by atoms with Crippen LogP contribution in [0.3, 0.4) is 0 Å². The zero-order valence-electron chi connectivity index (χ0n) is 19.7. The van der Waals surface area contributed by atoms with Gasteiger partial charge in [-0.15, -0.1) is 0 Å². The van der Waals surface area contributed by atoms with Crippen LogP contribution in [0.15, 0.2) is 90.1 Å². The van der Waals surface area contributed by atoms with Crippen molar-refractivity contribution in [1.82, 2.24) is 0 Å². The maximum absolute atomic E-state index is 13.7. The van der Waals surface area contributed by atoms with Gasteiger partial charge in [0.25, 0.3) is 0 Å². The molecule has 34 heavy (non-hydrogen) atoms. The molecule has 5 rings (SSSR count). The minimum atomic E-state index is -0.202. The summed E-state index contributed by atoms with van der Waals surface area (Å²) in [6.07, 6.45) is 1.42. The molecule has 0 fully saturated rings. The Labute approximate surface area is 200 Å². The first-order valence-corrected chi connectivity index (χ1v) is 12.0. The van der Waals surface area contributed by atoms with E-state index in [0.717, 1.165) is 39.4 Å². The second-order valence-corrected chi connectivity index (χ2v) is 9.07. The molecule has 0 bridgehead atoms. The molecule has 1 amide bonds. The molecular weight excluding hydrogens is 422 g/mol. The second-order valence-electron chi connectivity index (χ2n) is 9.07. The number of hydrogen-bond donors (Lipinski definition) is 0. The van der Waals surface area contributed by atoms with Gasteiger partial charge in [-0.25, -0.2) is 0 Å². The molecule has 1 heterocycles. The lowest BCUT2D eigenvalue weighted by Gasteiger charge is -2.41. The van der Waals surface area contributed by atoms with Crippen LogP contribution in [0.5, 0.6) is 5.75 Å². The molecule has 1 aliphatic heterocycles. The van der Waals surface area contributed by atoms with Gasteiger partial charge in [-0.05, 0) is 67.1 Å². The van der Waals surface area contributed by atoms with E-state index in [4.69, 9.17) is 4.74 Å². The predicted octanol–water partition coefficient (Wildman–Crippen LogP) is 6.32. The van der Waals surface area contributed by atoms with Crippen LogP contribution in [0.1, 0.15) is 54.7 Å². The van der Waals surface area contributed by atoms with Gasteiger partial charge in [0, 0.05) is 35.7 Å². The highest BCUT2D eigenvalue weighted by atomic mass is 16.5. The first-order chi connectivity index (χ1) is 16.6. The zero-order valence-corrected chi connectivity index (χ0v) is 19.7. The van der Waals surface area contributed by atoms with Gasteiger partial charge in [0.1, 0.15) is 5.75 Å². The van der Waals surface area contributed by atoms with Crippen molar-refractivity contribution < 1.29 is 14.3 Å². The fourth-order valence-corrected chi connectivity index (χ4v) is 5.40. The average Bonchev–Trinajstić information content (AvgIpc) is 2.85. The van der Waals surface area contributed by atoms with Crippen LogP contribution in [-0.4, -0.2) is 18.3 Å². The number of allylic oxidation sites excluding steroid dienone is 2. The average molecular weight is 452 g/mol. The molecule has 4 nitrogen and oxygen atoms in total. The molecule has 0 spiro atoms. The Balaban J connectivity index is 1.63. The van der Waals surface area contributed by atoms with Crippen molar-refractivity contribution in [1.29, 1.82) is 0 Å². The van der Waals surface area contributed by atoms with Gasteiger partial charge in [0.2, 0.25) is 5.91 Å². The predicted molar refractivity (Wildman–Crippen MR) is 134 cm³/mol. The summed E-state index contributed by atoms with van der Waals surface area (Å²) >= 11 is 0. The van der Waals surface area contributed by atoms with Crippen molar-refractivity contribution in [2.24, 2.45) is 0 Å². The van der Waals surface area contributed by atoms with Crippen LogP contribution < -0.4 is 9.64 Å². The van der Waals surface area contributed by atoms with Crippen LogP contribution in [0.2, 0.25) is 0 Å². The molecule has 2 atom stereocenters. The van der Waals surface area contributed by atoms with Crippen molar-refractivity contribution in [2.45, 2.75) is 44.9 Å². The van der Waals surface area contributed by atoms with E-state index < -0.39 is 0 Å². The minimum Gasteiger partial charge on any atom is -0.494 e. The van der Waals surface area contributed by atoms with Crippen LogP contribution >= 0.6 is 0 Å². The van der Waals surface area contributed by atoms with Crippen LogP contribution in [0, 0.1) is 6.92 Å². The van der Waals surface area contributed by atoms with E-state index in [2.05, 4.69) is 31.2 Å². The van der Waals surface area contributed by atoms with E-state index in [0.29, 0.717) is 25.9 Å². The molecule has 3 aromatic carbocycles. The fraction of sp³-hybridized carbons (Fsp3) is 0.267. The highest BCUT2D eigenvalue weighted by molar-refractivity contribution is 6.08. The highest BCUT2D eigenvalue weighted by Gasteiger charge is 2.42. The number of anilines is 1. The number of benzene rings is 3. The maximum Gasteiger partial charge on any atom is 0.232 e. The minimum absolute atomic E-state index is 0.0256. The summed E-state index contributed by atoms with van der Waals surface area (Å²) in [4.78, 5) is 29.2. The van der Waals surface area contributed by atoms with Gasteiger partial charge in [-0.3, -0.25) is 14.5 Å². The SMILES string of the molecule is CCOc1ccc(N2C(=O)CC(c3ccccc3C)C3=C2CC(c2ccccc2)CC3=O)cc1. The van der Waals surface area contributed by atoms with Gasteiger partial charge in [0.15, 0.2) is 5.78 Å². The molecule has 2 unspecified atom stereocenters. The Morgan fingerprint density at radius 1 is 0.853 bits per heavy atom. The van der Waals surface area contributed by atoms with E-state index in [-0.39, 0.29) is 23.5 Å². The van der Waals surface area contributed by atoms with Crippen LogP contribution in [0.4, 0.5) is 5.69 Å². The first kappa shape index (κ1) is 22.1. The Bertz CT molecular complexity index is 1240. The number of carbonyl (C=O) groups excluding carboxylic acids is 2. The summed E-state index contributed by atoms with van der Waals surface area (Å²) in [6, 6.07) is 25.9. The van der Waals surface area contributed by atoms with Crippen LogP contribution in [-0.2, 0) is 9.59 Å². The van der Waals surface area contributed by atoms with Crippen LogP contribution in [0.25, 0.3) is 0 Å². The monoisotopic (exact) mass is 451 g/mol. The normalized spacial score (nSPS) is 20.4. The zero-order chi connectivity index (χ0) is 23.7.